The number of rotatable bonds is 12. The van der Waals surface area contributed by atoms with E-state index in [1.54, 1.807) is 0 Å². The Morgan fingerprint density at radius 3 is 1.70 bits per heavy atom. The standard InChI is InChI=1S/C25H42.C2H6/c1-8-19(3)17-15-13-11-10-12-14-16-18-25-22(6)20(4)21(5)24(9-2)23(25)7;1-2/h19H,4,7-18H2,1-3,5-6H3;1-2H3. The largest absolute Gasteiger partial charge is 0.0912 e. The van der Waals surface area contributed by atoms with Crippen molar-refractivity contribution in [2.24, 2.45) is 5.92 Å². The third kappa shape index (κ3) is 8.67. The van der Waals surface area contributed by atoms with E-state index in [4.69, 9.17) is 0 Å². The van der Waals surface area contributed by atoms with Crippen LogP contribution >= 0.6 is 0 Å². The van der Waals surface area contributed by atoms with Gasteiger partial charge in [0.15, 0.2) is 0 Å². The van der Waals surface area contributed by atoms with E-state index < -0.39 is 0 Å². The summed E-state index contributed by atoms with van der Waals surface area (Å²) in [6, 6.07) is 0. The summed E-state index contributed by atoms with van der Waals surface area (Å²) < 4.78 is 0. The number of benzene rings is 1. The zero-order valence-electron chi connectivity index (χ0n) is 19.8. The fraction of sp³-hybridized carbons (Fsp3) is 0.704. The molecule has 0 heterocycles. The summed E-state index contributed by atoms with van der Waals surface area (Å²) in [5.74, 6) is 0.917. The minimum atomic E-state index is 0.917. The van der Waals surface area contributed by atoms with Crippen LogP contribution in [0.3, 0.4) is 0 Å². The summed E-state index contributed by atoms with van der Waals surface area (Å²) in [6.45, 7) is 24.1. The molecule has 0 amide bonds. The second kappa shape index (κ2) is 14.9. The van der Waals surface area contributed by atoms with E-state index in [1.165, 1.54) is 96.9 Å². The zero-order valence-corrected chi connectivity index (χ0v) is 19.8. The minimum Gasteiger partial charge on any atom is -0.0912 e. The molecule has 1 unspecified atom stereocenters. The van der Waals surface area contributed by atoms with Gasteiger partial charge in [-0.3, -0.25) is 0 Å². The normalized spacial score (nSPS) is 11.8. The van der Waals surface area contributed by atoms with Crippen molar-refractivity contribution in [3.05, 3.63) is 32.7 Å². The van der Waals surface area contributed by atoms with E-state index in [0.717, 1.165) is 12.3 Å². The van der Waals surface area contributed by atoms with Gasteiger partial charge in [0, 0.05) is 0 Å². The average Bonchev–Trinajstić information content (AvgIpc) is 2.69. The molecule has 0 aliphatic carbocycles. The monoisotopic (exact) mass is 372 g/mol. The summed E-state index contributed by atoms with van der Waals surface area (Å²) in [6.07, 6.45) is 14.7. The first-order valence-corrected chi connectivity index (χ1v) is 11.7. The van der Waals surface area contributed by atoms with Gasteiger partial charge in [0.1, 0.15) is 0 Å². The van der Waals surface area contributed by atoms with E-state index in [-0.39, 0.29) is 0 Å². The molecule has 0 radical (unpaired) electrons. The second-order valence-corrected chi connectivity index (χ2v) is 8.04. The van der Waals surface area contributed by atoms with Crippen molar-refractivity contribution in [2.45, 2.75) is 119 Å². The van der Waals surface area contributed by atoms with Gasteiger partial charge in [0.05, 0.1) is 0 Å². The first-order chi connectivity index (χ1) is 12.9. The molecule has 0 heteroatoms. The van der Waals surface area contributed by atoms with Crippen molar-refractivity contribution in [1.29, 1.82) is 0 Å². The number of hydrogen-bond donors (Lipinski definition) is 0. The zero-order chi connectivity index (χ0) is 20.8. The molecule has 0 aromatic heterocycles. The molecule has 0 aliphatic rings. The van der Waals surface area contributed by atoms with Gasteiger partial charge in [0.2, 0.25) is 0 Å². The Balaban J connectivity index is 0.00000326. The Bertz CT molecular complexity index is 608. The van der Waals surface area contributed by atoms with Gasteiger partial charge in [-0.2, -0.15) is 0 Å². The highest BCUT2D eigenvalue weighted by atomic mass is 14.1. The third-order valence-electron chi connectivity index (χ3n) is 6.21. The van der Waals surface area contributed by atoms with E-state index >= 15 is 0 Å². The average molecular weight is 373 g/mol. The first-order valence-electron chi connectivity index (χ1n) is 11.7. The maximum absolute atomic E-state index is 4.40. The number of unbranched alkanes of at least 4 members (excludes halogenated alkanes) is 6. The lowest BCUT2D eigenvalue weighted by Crippen LogP contribution is -2.26. The van der Waals surface area contributed by atoms with Crippen LogP contribution in [0.1, 0.15) is 115 Å². The van der Waals surface area contributed by atoms with Gasteiger partial charge in [-0.05, 0) is 71.7 Å². The van der Waals surface area contributed by atoms with Crippen molar-refractivity contribution >= 4 is 13.2 Å². The lowest BCUT2D eigenvalue weighted by atomic mass is 9.90. The first kappa shape index (κ1) is 26.0. The second-order valence-electron chi connectivity index (χ2n) is 8.04. The fourth-order valence-electron chi connectivity index (χ4n) is 3.98. The molecule has 0 N–H and O–H groups in total. The van der Waals surface area contributed by atoms with Gasteiger partial charge in [-0.25, -0.2) is 0 Å². The van der Waals surface area contributed by atoms with Crippen molar-refractivity contribution in [3.63, 3.8) is 0 Å². The van der Waals surface area contributed by atoms with Crippen molar-refractivity contribution in [1.82, 2.24) is 0 Å². The predicted molar refractivity (Wildman–Crippen MR) is 127 cm³/mol. The fourth-order valence-corrected chi connectivity index (χ4v) is 3.98. The van der Waals surface area contributed by atoms with E-state index in [1.807, 2.05) is 13.8 Å². The van der Waals surface area contributed by atoms with Crippen LogP contribution < -0.4 is 10.4 Å². The van der Waals surface area contributed by atoms with Crippen LogP contribution in [-0.2, 0) is 12.8 Å². The molecule has 0 saturated heterocycles. The lowest BCUT2D eigenvalue weighted by Gasteiger charge is -2.14. The molecular weight excluding hydrogens is 324 g/mol. The molecular formula is C27H48. The van der Waals surface area contributed by atoms with Gasteiger partial charge < -0.3 is 0 Å². The summed E-state index contributed by atoms with van der Waals surface area (Å²) in [7, 11) is 0. The molecule has 1 aromatic carbocycles. The Morgan fingerprint density at radius 1 is 0.704 bits per heavy atom. The molecule has 27 heavy (non-hydrogen) atoms. The highest BCUT2D eigenvalue weighted by Gasteiger charge is 2.08. The van der Waals surface area contributed by atoms with Crippen molar-refractivity contribution < 1.29 is 0 Å². The van der Waals surface area contributed by atoms with Gasteiger partial charge >= 0.3 is 0 Å². The van der Waals surface area contributed by atoms with Gasteiger partial charge in [0.25, 0.3) is 0 Å². The Morgan fingerprint density at radius 2 is 1.19 bits per heavy atom. The predicted octanol–water partition coefficient (Wildman–Crippen LogP) is 7.42. The molecule has 0 spiro atoms. The maximum Gasteiger partial charge on any atom is -0.0259 e. The molecule has 0 nitrogen and oxygen atoms in total. The molecule has 0 aliphatic heterocycles. The Labute approximate surface area is 171 Å². The minimum absolute atomic E-state index is 0.917. The molecule has 156 valence electrons. The number of hydrogen-bond acceptors (Lipinski definition) is 0. The van der Waals surface area contributed by atoms with Crippen LogP contribution in [0.25, 0.3) is 13.2 Å². The summed E-state index contributed by atoms with van der Waals surface area (Å²) in [5, 5.41) is 2.52. The Kier molecular flexibility index (Phi) is 14.4. The lowest BCUT2D eigenvalue weighted by molar-refractivity contribution is 0.470. The summed E-state index contributed by atoms with van der Waals surface area (Å²) >= 11 is 0. The summed E-state index contributed by atoms with van der Waals surface area (Å²) in [4.78, 5) is 0. The van der Waals surface area contributed by atoms with Crippen molar-refractivity contribution in [3.8, 4) is 0 Å². The quantitative estimate of drug-likeness (QED) is 0.335. The Hall–Kier alpha value is -1.04. The molecule has 0 fully saturated rings. The summed E-state index contributed by atoms with van der Waals surface area (Å²) in [5.41, 5.74) is 5.63. The van der Waals surface area contributed by atoms with Crippen LogP contribution in [0, 0.1) is 19.8 Å². The molecule has 1 rings (SSSR count). The third-order valence-corrected chi connectivity index (χ3v) is 6.21. The van der Waals surface area contributed by atoms with Crippen LogP contribution in [0.4, 0.5) is 0 Å². The highest BCUT2D eigenvalue weighted by molar-refractivity contribution is 5.43. The highest BCUT2D eigenvalue weighted by Crippen LogP contribution is 2.15. The van der Waals surface area contributed by atoms with Crippen LogP contribution in [0.15, 0.2) is 0 Å². The van der Waals surface area contributed by atoms with E-state index in [9.17, 15) is 0 Å². The van der Waals surface area contributed by atoms with E-state index in [2.05, 4.69) is 47.8 Å². The van der Waals surface area contributed by atoms with Crippen molar-refractivity contribution in [2.75, 3.05) is 0 Å². The smallest absolute Gasteiger partial charge is 0.0259 e. The maximum atomic E-state index is 4.40. The van der Waals surface area contributed by atoms with Gasteiger partial charge in [-0.15, -0.1) is 0 Å². The van der Waals surface area contributed by atoms with Crippen LogP contribution in [0.2, 0.25) is 0 Å². The topological polar surface area (TPSA) is 0 Å². The van der Waals surface area contributed by atoms with Gasteiger partial charge in [-0.1, -0.05) is 99.1 Å². The van der Waals surface area contributed by atoms with Crippen LogP contribution in [-0.4, -0.2) is 0 Å². The molecule has 1 atom stereocenters. The van der Waals surface area contributed by atoms with E-state index in [0.29, 0.717) is 0 Å². The SMILES string of the molecule is C=c1c(C)c(CC)c(=C)c(CCCCCCCCCC(C)CC)c1C.CC. The molecule has 1 aromatic rings. The molecule has 0 bridgehead atoms. The van der Waals surface area contributed by atoms with Crippen LogP contribution in [0.5, 0.6) is 0 Å². The molecule has 0 saturated carbocycles.